The van der Waals surface area contributed by atoms with E-state index in [0.717, 1.165) is 6.42 Å². The first kappa shape index (κ1) is 29.5. The summed E-state index contributed by atoms with van der Waals surface area (Å²) in [6, 6.07) is 0. The maximum atomic E-state index is 10.9. The topological polar surface area (TPSA) is 61.4 Å². The summed E-state index contributed by atoms with van der Waals surface area (Å²) in [4.78, 5) is 8.94. The molecule has 0 fully saturated rings. The molecule has 3 N–H and O–H groups in total. The average Bonchev–Trinajstić information content (AvgIpc) is 1.84. The van der Waals surface area contributed by atoms with Crippen molar-refractivity contribution in [1.29, 1.82) is 0 Å². The van der Waals surface area contributed by atoms with Crippen LogP contribution in [-0.2, 0) is 37.3 Å². The molecule has 0 heterocycles. The Morgan fingerprint density at radius 1 is 1.29 bits per heavy atom. The monoisotopic (exact) mass is 302 g/mol. The molecule has 0 bridgehead atoms. The van der Waals surface area contributed by atoms with E-state index in [1.165, 1.54) is 0 Å². The Kier molecular flexibility index (Phi) is 35.0. The maximum absolute atomic E-state index is 10.9. The zero-order chi connectivity index (χ0) is 8.04. The fourth-order valence-electron chi connectivity index (χ4n) is 0.471. The third-order valence-corrected chi connectivity index (χ3v) is 2.21. The van der Waals surface area contributed by atoms with Crippen molar-refractivity contribution in [2.45, 2.75) is 35.6 Å². The van der Waals surface area contributed by atoms with Crippen molar-refractivity contribution in [3.8, 4) is 0 Å². The van der Waals surface area contributed by atoms with Crippen LogP contribution >= 0.6 is 7.67 Å². The minimum absolute atomic E-state index is 0. The fourth-order valence-corrected chi connectivity index (χ4v) is 1.41. The van der Waals surface area contributed by atoms with Gasteiger partial charge in [0.25, 0.3) is 0 Å². The van der Waals surface area contributed by atoms with Crippen molar-refractivity contribution in [1.82, 2.24) is 10.2 Å². The van der Waals surface area contributed by atoms with Crippen molar-refractivity contribution in [2.24, 2.45) is 0 Å². The molecule has 14 heavy (non-hydrogen) atoms. The van der Waals surface area contributed by atoms with Crippen LogP contribution in [0, 0.1) is 6.92 Å². The summed E-state index contributed by atoms with van der Waals surface area (Å²) in [6.45, 7) is 6.12. The van der Waals surface area contributed by atoms with Crippen LogP contribution in [0.5, 0.6) is 0 Å². The van der Waals surface area contributed by atoms with Crippen LogP contribution in [0.1, 0.15) is 35.6 Å². The first-order valence-corrected chi connectivity index (χ1v) is 4.90. The maximum Gasteiger partial charge on any atom is 0.335 e. The van der Waals surface area contributed by atoms with E-state index in [4.69, 9.17) is 4.89 Å². The van der Waals surface area contributed by atoms with E-state index in [2.05, 4.69) is 17.1 Å². The van der Waals surface area contributed by atoms with E-state index in [1.807, 2.05) is 6.92 Å². The first-order chi connectivity index (χ1) is 4.62. The predicted molar refractivity (Wildman–Crippen MR) is 61.7 cm³/mol. The van der Waals surface area contributed by atoms with E-state index in [0.29, 0.717) is 6.54 Å². The van der Waals surface area contributed by atoms with E-state index in [-0.39, 0.29) is 61.5 Å². The van der Waals surface area contributed by atoms with Crippen LogP contribution < -0.4 is 10.2 Å². The fraction of sp³-hybridized carbons (Fsp3) is 0.875. The molecule has 1 unspecified atom stereocenters. The SMILES string of the molecule is C.C.C.[CH2-]CNP(=O)(O)NCCC.[Y]. The molecule has 89 valence electrons. The van der Waals surface area contributed by atoms with E-state index < -0.39 is 7.67 Å². The molecule has 6 heteroatoms. The Morgan fingerprint density at radius 3 is 2.00 bits per heavy atom. The van der Waals surface area contributed by atoms with Gasteiger partial charge in [-0.3, -0.25) is 9.65 Å². The van der Waals surface area contributed by atoms with Crippen LogP contribution in [0.2, 0.25) is 0 Å². The van der Waals surface area contributed by atoms with Gasteiger partial charge >= 0.3 is 7.67 Å². The van der Waals surface area contributed by atoms with Gasteiger partial charge in [0.05, 0.1) is 0 Å². The van der Waals surface area contributed by atoms with Gasteiger partial charge < -0.3 is 11.8 Å². The molecular weight excluding hydrogens is 276 g/mol. The van der Waals surface area contributed by atoms with Gasteiger partial charge in [-0.25, -0.2) is 5.09 Å². The molecule has 0 spiro atoms. The van der Waals surface area contributed by atoms with Crippen LogP contribution in [0.3, 0.4) is 0 Å². The van der Waals surface area contributed by atoms with Crippen molar-refractivity contribution in [2.75, 3.05) is 13.1 Å². The summed E-state index contributed by atoms with van der Waals surface area (Å²) in [5.74, 6) is 0. The van der Waals surface area contributed by atoms with Crippen LogP contribution in [0.15, 0.2) is 0 Å². The molecule has 0 saturated carbocycles. The largest absolute Gasteiger partial charge is 0.335 e. The second-order valence-electron chi connectivity index (χ2n) is 1.89. The third-order valence-electron chi connectivity index (χ3n) is 0.902. The number of nitrogens with one attached hydrogen (secondary N) is 2. The van der Waals surface area contributed by atoms with Gasteiger partial charge in [0, 0.05) is 39.3 Å². The number of hydrogen-bond donors (Lipinski definition) is 3. The molecule has 0 aliphatic rings. The molecule has 0 aromatic rings. The summed E-state index contributed by atoms with van der Waals surface area (Å²) in [6.07, 6.45) is 0.837. The molecular formula is C8H26N2O2PY-. The average molecular weight is 302 g/mol. The Labute approximate surface area is 115 Å². The van der Waals surface area contributed by atoms with Crippen molar-refractivity contribution in [3.63, 3.8) is 0 Å². The second kappa shape index (κ2) is 16.6. The predicted octanol–water partition coefficient (Wildman–Crippen LogP) is 2.42. The molecule has 0 aliphatic carbocycles. The quantitative estimate of drug-likeness (QED) is 0.539. The molecule has 0 aromatic carbocycles. The zero-order valence-electron chi connectivity index (χ0n) is 6.71. The summed E-state index contributed by atoms with van der Waals surface area (Å²) >= 11 is 0. The van der Waals surface area contributed by atoms with Crippen LogP contribution in [0.4, 0.5) is 0 Å². The number of hydrogen-bond acceptors (Lipinski definition) is 1. The summed E-state index contributed by atoms with van der Waals surface area (Å²) < 4.78 is 10.9. The van der Waals surface area contributed by atoms with Crippen LogP contribution in [0.25, 0.3) is 0 Å². The first-order valence-electron chi connectivity index (χ1n) is 3.24. The van der Waals surface area contributed by atoms with E-state index in [1.54, 1.807) is 0 Å². The van der Waals surface area contributed by atoms with Gasteiger partial charge in [0.15, 0.2) is 0 Å². The Morgan fingerprint density at radius 2 is 1.71 bits per heavy atom. The van der Waals surface area contributed by atoms with Gasteiger partial charge in [0.1, 0.15) is 0 Å². The Hall–Kier alpha value is 1.21. The normalized spacial score (nSPS) is 11.9. The van der Waals surface area contributed by atoms with Gasteiger partial charge in [0.2, 0.25) is 0 Å². The zero-order valence-corrected chi connectivity index (χ0v) is 10.4. The molecule has 1 radical (unpaired) electrons. The Balaban J connectivity index is -0.0000000675. The molecule has 4 nitrogen and oxygen atoms in total. The van der Waals surface area contributed by atoms with E-state index >= 15 is 0 Å². The minimum atomic E-state index is -3.27. The van der Waals surface area contributed by atoms with Crippen molar-refractivity contribution in [3.05, 3.63) is 6.92 Å². The summed E-state index contributed by atoms with van der Waals surface area (Å²) in [5.41, 5.74) is 0. The molecule has 0 aliphatic heterocycles. The standard InChI is InChI=1S/C5H14N2O2P.3CH4.Y/c1-3-5-7-10(8,9)6-4-2;;;;/h2-5H2,1H3,(H3,6,7,8,9);3*1H4;/q-1;;;;. The Bertz CT molecular complexity index is 137. The molecule has 0 amide bonds. The van der Waals surface area contributed by atoms with Crippen LogP contribution in [-0.4, -0.2) is 18.0 Å². The van der Waals surface area contributed by atoms with Gasteiger partial charge in [-0.05, 0) is 6.42 Å². The second-order valence-corrected chi connectivity index (χ2v) is 3.68. The van der Waals surface area contributed by atoms with Gasteiger partial charge in [-0.1, -0.05) is 29.2 Å². The van der Waals surface area contributed by atoms with Crippen molar-refractivity contribution >= 4 is 7.67 Å². The third kappa shape index (κ3) is 18.9. The van der Waals surface area contributed by atoms with Gasteiger partial charge in [-0.15, -0.1) is 6.54 Å². The van der Waals surface area contributed by atoms with E-state index in [9.17, 15) is 4.57 Å². The molecule has 0 rings (SSSR count). The van der Waals surface area contributed by atoms with Crippen molar-refractivity contribution < 1.29 is 42.2 Å². The summed E-state index contributed by atoms with van der Waals surface area (Å²) in [5, 5.41) is 4.82. The van der Waals surface area contributed by atoms with Gasteiger partial charge in [-0.2, -0.15) is 0 Å². The summed E-state index contributed by atoms with van der Waals surface area (Å²) in [7, 11) is -3.27. The smallest absolute Gasteiger partial charge is 0.329 e. The minimum Gasteiger partial charge on any atom is -0.329 e. The molecule has 1 atom stereocenters. The number of rotatable bonds is 5. The molecule has 0 aromatic heterocycles. The molecule has 0 saturated heterocycles.